The summed E-state index contributed by atoms with van der Waals surface area (Å²) in [5.41, 5.74) is 8.11. The van der Waals surface area contributed by atoms with Crippen LogP contribution in [-0.4, -0.2) is 27.5 Å². The fraction of sp³-hybridized carbons (Fsp3) is 0.643. The van der Waals surface area contributed by atoms with Crippen LogP contribution < -0.4 is 5.73 Å². The number of aryl methyl sites for hydroxylation is 2. The summed E-state index contributed by atoms with van der Waals surface area (Å²) in [6, 6.07) is 4.22. The average Bonchev–Trinajstić information content (AvgIpc) is 2.27. The highest BCUT2D eigenvalue weighted by Crippen LogP contribution is 2.36. The molecule has 1 aliphatic carbocycles. The summed E-state index contributed by atoms with van der Waals surface area (Å²) in [5.74, 6) is 0. The number of hydrogen-bond acceptors (Lipinski definition) is 4. The quantitative estimate of drug-likeness (QED) is 0.882. The van der Waals surface area contributed by atoms with Gasteiger partial charge in [0.1, 0.15) is 0 Å². The lowest BCUT2D eigenvalue weighted by atomic mass is 9.83. The zero-order valence-corrected chi connectivity index (χ0v) is 12.0. The summed E-state index contributed by atoms with van der Waals surface area (Å²) in [7, 11) is 0. The van der Waals surface area contributed by atoms with Crippen LogP contribution in [0.4, 0.5) is 0 Å². The number of aromatic nitrogens is 1. The van der Waals surface area contributed by atoms with Crippen molar-refractivity contribution in [2.24, 2.45) is 5.73 Å². The lowest BCUT2D eigenvalue weighted by molar-refractivity contribution is 0.159. The van der Waals surface area contributed by atoms with Crippen molar-refractivity contribution < 1.29 is 5.11 Å². The number of nitrogens with zero attached hydrogens (tertiary/aromatic N) is 1. The zero-order valence-electron chi connectivity index (χ0n) is 11.1. The monoisotopic (exact) mass is 266 g/mol. The molecule has 3 N–H and O–H groups in total. The SMILES string of the molecule is Cc1cc(C)nc(SC2CCCC(N)(CO)C2)c1. The van der Waals surface area contributed by atoms with Gasteiger partial charge in [-0.2, -0.15) is 0 Å². The lowest BCUT2D eigenvalue weighted by Gasteiger charge is -2.36. The van der Waals surface area contributed by atoms with Crippen LogP contribution in [0, 0.1) is 13.8 Å². The molecule has 0 amide bonds. The maximum Gasteiger partial charge on any atom is 0.0968 e. The van der Waals surface area contributed by atoms with E-state index in [0.29, 0.717) is 5.25 Å². The van der Waals surface area contributed by atoms with E-state index in [2.05, 4.69) is 24.0 Å². The van der Waals surface area contributed by atoms with Crippen molar-refractivity contribution in [3.63, 3.8) is 0 Å². The molecule has 0 aliphatic heterocycles. The van der Waals surface area contributed by atoms with E-state index in [4.69, 9.17) is 5.73 Å². The van der Waals surface area contributed by atoms with E-state index in [9.17, 15) is 5.11 Å². The van der Waals surface area contributed by atoms with Crippen LogP contribution in [0.1, 0.15) is 36.9 Å². The Bertz CT molecular complexity index is 404. The van der Waals surface area contributed by atoms with E-state index in [0.717, 1.165) is 36.4 Å². The summed E-state index contributed by atoms with van der Waals surface area (Å²) >= 11 is 1.81. The molecule has 1 saturated carbocycles. The Kier molecular flexibility index (Phi) is 4.30. The molecule has 1 aliphatic rings. The molecular formula is C14H22N2OS. The first-order valence-corrected chi connectivity index (χ1v) is 7.40. The van der Waals surface area contributed by atoms with Gasteiger partial charge >= 0.3 is 0 Å². The number of aliphatic hydroxyl groups is 1. The molecule has 0 radical (unpaired) electrons. The van der Waals surface area contributed by atoms with Crippen LogP contribution in [0.5, 0.6) is 0 Å². The summed E-state index contributed by atoms with van der Waals surface area (Å²) in [4.78, 5) is 4.56. The molecule has 2 atom stereocenters. The predicted molar refractivity (Wildman–Crippen MR) is 75.8 cm³/mol. The Morgan fingerprint density at radius 2 is 2.28 bits per heavy atom. The van der Waals surface area contributed by atoms with Crippen molar-refractivity contribution in [3.05, 3.63) is 23.4 Å². The maximum atomic E-state index is 9.37. The minimum atomic E-state index is -0.380. The second-order valence-electron chi connectivity index (χ2n) is 5.48. The number of nitrogens with two attached hydrogens (primary N) is 1. The summed E-state index contributed by atoms with van der Waals surface area (Å²) in [5, 5.41) is 10.9. The van der Waals surface area contributed by atoms with Gasteiger partial charge in [-0.05, 0) is 50.8 Å². The molecule has 0 saturated heterocycles. The van der Waals surface area contributed by atoms with E-state index in [1.165, 1.54) is 5.56 Å². The topological polar surface area (TPSA) is 59.1 Å². The van der Waals surface area contributed by atoms with E-state index in [1.54, 1.807) is 0 Å². The molecule has 4 heteroatoms. The van der Waals surface area contributed by atoms with Crippen LogP contribution in [0.15, 0.2) is 17.2 Å². The van der Waals surface area contributed by atoms with Crippen molar-refractivity contribution >= 4 is 11.8 Å². The Morgan fingerprint density at radius 1 is 1.50 bits per heavy atom. The van der Waals surface area contributed by atoms with Crippen LogP contribution in [-0.2, 0) is 0 Å². The first kappa shape index (κ1) is 13.8. The second kappa shape index (κ2) is 5.59. The molecule has 0 aromatic carbocycles. The van der Waals surface area contributed by atoms with Gasteiger partial charge < -0.3 is 10.8 Å². The Morgan fingerprint density at radius 3 is 2.94 bits per heavy atom. The Hall–Kier alpha value is -0.580. The number of rotatable bonds is 3. The fourth-order valence-electron chi connectivity index (χ4n) is 2.62. The molecule has 100 valence electrons. The van der Waals surface area contributed by atoms with Crippen molar-refractivity contribution in [2.45, 2.75) is 55.3 Å². The Balaban J connectivity index is 2.04. The van der Waals surface area contributed by atoms with Gasteiger partial charge in [0, 0.05) is 16.5 Å². The fourth-order valence-corrected chi connectivity index (χ4v) is 4.11. The smallest absolute Gasteiger partial charge is 0.0968 e. The van der Waals surface area contributed by atoms with Gasteiger partial charge in [-0.25, -0.2) is 4.98 Å². The van der Waals surface area contributed by atoms with Gasteiger partial charge in [-0.1, -0.05) is 6.42 Å². The van der Waals surface area contributed by atoms with Crippen LogP contribution in [0.3, 0.4) is 0 Å². The third kappa shape index (κ3) is 3.46. The first-order valence-electron chi connectivity index (χ1n) is 6.52. The van der Waals surface area contributed by atoms with Crippen molar-refractivity contribution in [1.29, 1.82) is 0 Å². The average molecular weight is 266 g/mol. The summed E-state index contributed by atoms with van der Waals surface area (Å²) in [6.07, 6.45) is 4.07. The predicted octanol–water partition coefficient (Wildman–Crippen LogP) is 2.42. The number of pyridine rings is 1. The molecule has 1 fully saturated rings. The van der Waals surface area contributed by atoms with E-state index in [-0.39, 0.29) is 12.1 Å². The maximum absolute atomic E-state index is 9.37. The van der Waals surface area contributed by atoms with Crippen LogP contribution in [0.2, 0.25) is 0 Å². The molecule has 0 spiro atoms. The second-order valence-corrected chi connectivity index (χ2v) is 6.80. The molecular weight excluding hydrogens is 244 g/mol. The summed E-state index contributed by atoms with van der Waals surface area (Å²) < 4.78 is 0. The first-order chi connectivity index (χ1) is 8.50. The molecule has 1 aromatic rings. The third-order valence-corrected chi connectivity index (χ3v) is 4.70. The van der Waals surface area contributed by atoms with Gasteiger partial charge in [-0.3, -0.25) is 0 Å². The van der Waals surface area contributed by atoms with E-state index in [1.807, 2.05) is 18.7 Å². The number of hydrogen-bond donors (Lipinski definition) is 2. The highest BCUT2D eigenvalue weighted by molar-refractivity contribution is 7.99. The molecule has 18 heavy (non-hydrogen) atoms. The third-order valence-electron chi connectivity index (χ3n) is 3.51. The lowest BCUT2D eigenvalue weighted by Crippen LogP contribution is -2.48. The van der Waals surface area contributed by atoms with Gasteiger partial charge in [0.15, 0.2) is 0 Å². The van der Waals surface area contributed by atoms with Crippen molar-refractivity contribution in [1.82, 2.24) is 4.98 Å². The largest absolute Gasteiger partial charge is 0.394 e. The van der Waals surface area contributed by atoms with Gasteiger partial charge in [0.25, 0.3) is 0 Å². The minimum absolute atomic E-state index is 0.0876. The molecule has 2 unspecified atom stereocenters. The molecule has 1 aromatic heterocycles. The normalized spacial score (nSPS) is 28.3. The van der Waals surface area contributed by atoms with Gasteiger partial charge in [0.2, 0.25) is 0 Å². The van der Waals surface area contributed by atoms with Crippen LogP contribution >= 0.6 is 11.8 Å². The van der Waals surface area contributed by atoms with Crippen molar-refractivity contribution in [2.75, 3.05) is 6.61 Å². The standard InChI is InChI=1S/C14H22N2OS/c1-10-6-11(2)16-13(7-10)18-12-4-3-5-14(15,8-12)9-17/h6-7,12,17H,3-5,8-9,15H2,1-2H3. The zero-order chi connectivity index (χ0) is 13.2. The van der Waals surface area contributed by atoms with Crippen molar-refractivity contribution in [3.8, 4) is 0 Å². The highest BCUT2D eigenvalue weighted by atomic mass is 32.2. The number of aliphatic hydroxyl groups excluding tert-OH is 1. The Labute approximate surface area is 113 Å². The molecule has 2 rings (SSSR count). The molecule has 3 nitrogen and oxygen atoms in total. The van der Waals surface area contributed by atoms with Gasteiger partial charge in [-0.15, -0.1) is 11.8 Å². The van der Waals surface area contributed by atoms with E-state index < -0.39 is 0 Å². The summed E-state index contributed by atoms with van der Waals surface area (Å²) in [6.45, 7) is 4.21. The minimum Gasteiger partial charge on any atom is -0.394 e. The van der Waals surface area contributed by atoms with E-state index >= 15 is 0 Å². The molecule has 1 heterocycles. The van der Waals surface area contributed by atoms with Gasteiger partial charge in [0.05, 0.1) is 11.6 Å². The molecule has 0 bridgehead atoms. The number of thioether (sulfide) groups is 1. The highest BCUT2D eigenvalue weighted by Gasteiger charge is 2.32. The van der Waals surface area contributed by atoms with Crippen LogP contribution in [0.25, 0.3) is 0 Å².